The van der Waals surface area contributed by atoms with Crippen LogP contribution in [0.2, 0.25) is 5.02 Å². The Morgan fingerprint density at radius 3 is 2.52 bits per heavy atom. The number of hydrogen-bond donors (Lipinski definition) is 3. The number of guanidine groups is 1. The number of anilines is 1. The molecule has 0 spiro atoms. The first-order valence-corrected chi connectivity index (χ1v) is 10.1. The van der Waals surface area contributed by atoms with Crippen molar-refractivity contribution in [1.29, 1.82) is 0 Å². The second kappa shape index (κ2) is 12.0. The van der Waals surface area contributed by atoms with Gasteiger partial charge in [0, 0.05) is 36.8 Å². The number of carbonyl (C=O) groups is 1. The normalized spacial score (nSPS) is 14.2. The zero-order valence-corrected chi connectivity index (χ0v) is 19.7. The van der Waals surface area contributed by atoms with Crippen molar-refractivity contribution < 1.29 is 4.79 Å². The van der Waals surface area contributed by atoms with Crippen LogP contribution in [0.1, 0.15) is 36.8 Å². The van der Waals surface area contributed by atoms with E-state index in [1.807, 2.05) is 48.5 Å². The molecule has 156 valence electrons. The van der Waals surface area contributed by atoms with Gasteiger partial charge in [0.05, 0.1) is 0 Å². The maximum Gasteiger partial charge on any atom is 0.227 e. The van der Waals surface area contributed by atoms with Gasteiger partial charge in [-0.2, -0.15) is 0 Å². The van der Waals surface area contributed by atoms with Crippen molar-refractivity contribution >= 4 is 53.1 Å². The summed E-state index contributed by atoms with van der Waals surface area (Å²) < 4.78 is 0. The first kappa shape index (κ1) is 23.5. The van der Waals surface area contributed by atoms with Gasteiger partial charge in [-0.25, -0.2) is 0 Å². The van der Waals surface area contributed by atoms with Crippen LogP contribution in [-0.4, -0.2) is 18.9 Å². The van der Waals surface area contributed by atoms with Crippen LogP contribution in [0, 0.1) is 5.92 Å². The summed E-state index contributed by atoms with van der Waals surface area (Å²) in [6.07, 6.45) is 4.31. The summed E-state index contributed by atoms with van der Waals surface area (Å²) >= 11 is 6.20. The maximum absolute atomic E-state index is 12.3. The Morgan fingerprint density at radius 2 is 1.79 bits per heavy atom. The minimum atomic E-state index is 0. The number of benzene rings is 2. The molecular formula is C22H28ClIN4O. The summed E-state index contributed by atoms with van der Waals surface area (Å²) in [6, 6.07) is 15.7. The topological polar surface area (TPSA) is 65.5 Å². The molecule has 0 aliphatic heterocycles. The van der Waals surface area contributed by atoms with Gasteiger partial charge >= 0.3 is 0 Å². The lowest BCUT2D eigenvalue weighted by atomic mass is 10.1. The van der Waals surface area contributed by atoms with Crippen molar-refractivity contribution in [2.45, 2.75) is 38.8 Å². The Morgan fingerprint density at radius 1 is 1.07 bits per heavy atom. The monoisotopic (exact) mass is 526 g/mol. The van der Waals surface area contributed by atoms with Crippen LogP contribution < -0.4 is 16.0 Å². The Hall–Kier alpha value is -1.80. The molecule has 1 fully saturated rings. The molecule has 0 heterocycles. The summed E-state index contributed by atoms with van der Waals surface area (Å²) in [5.41, 5.74) is 2.93. The van der Waals surface area contributed by atoms with E-state index in [-0.39, 0.29) is 35.8 Å². The minimum absolute atomic E-state index is 0. The van der Waals surface area contributed by atoms with Gasteiger partial charge in [-0.3, -0.25) is 9.79 Å². The zero-order valence-electron chi connectivity index (χ0n) is 16.6. The van der Waals surface area contributed by atoms with Gasteiger partial charge in [0.2, 0.25) is 5.91 Å². The largest absolute Gasteiger partial charge is 0.352 e. The van der Waals surface area contributed by atoms with Crippen molar-refractivity contribution in [3.05, 3.63) is 64.7 Å². The molecule has 0 bridgehead atoms. The standard InChI is InChI=1S/C22H27ClN4O.HI/c1-24-22(26-15-18-10-4-5-12-20(18)23)25-14-16-7-6-11-19(13-16)27-21(28)17-8-2-3-9-17;/h4-7,10-13,17H,2-3,8-9,14-15H2,1H3,(H,27,28)(H2,24,25,26);1H. The highest BCUT2D eigenvalue weighted by atomic mass is 127. The van der Waals surface area contributed by atoms with Crippen LogP contribution in [0.5, 0.6) is 0 Å². The lowest BCUT2D eigenvalue weighted by molar-refractivity contribution is -0.119. The lowest BCUT2D eigenvalue weighted by Gasteiger charge is -2.14. The predicted octanol–water partition coefficient (Wildman–Crippen LogP) is 4.95. The summed E-state index contributed by atoms with van der Waals surface area (Å²) in [4.78, 5) is 16.6. The second-order valence-corrected chi connectivity index (χ2v) is 7.45. The first-order chi connectivity index (χ1) is 13.7. The third kappa shape index (κ3) is 7.19. The molecule has 0 radical (unpaired) electrons. The number of carbonyl (C=O) groups excluding carboxylic acids is 1. The van der Waals surface area contributed by atoms with E-state index >= 15 is 0 Å². The number of hydrogen-bond acceptors (Lipinski definition) is 2. The van der Waals surface area contributed by atoms with E-state index < -0.39 is 0 Å². The second-order valence-electron chi connectivity index (χ2n) is 7.04. The fourth-order valence-corrected chi connectivity index (χ4v) is 3.62. The molecule has 29 heavy (non-hydrogen) atoms. The number of amides is 1. The molecule has 0 atom stereocenters. The number of nitrogens with one attached hydrogen (secondary N) is 3. The summed E-state index contributed by atoms with van der Waals surface area (Å²) in [5, 5.41) is 10.3. The van der Waals surface area contributed by atoms with Gasteiger partial charge in [0.1, 0.15) is 0 Å². The van der Waals surface area contributed by atoms with E-state index in [9.17, 15) is 4.79 Å². The van der Waals surface area contributed by atoms with Crippen LogP contribution >= 0.6 is 35.6 Å². The van der Waals surface area contributed by atoms with E-state index in [0.717, 1.165) is 47.5 Å². The highest BCUT2D eigenvalue weighted by molar-refractivity contribution is 14.0. The Kier molecular flexibility index (Phi) is 9.73. The highest BCUT2D eigenvalue weighted by Gasteiger charge is 2.22. The van der Waals surface area contributed by atoms with Crippen molar-refractivity contribution in [2.24, 2.45) is 10.9 Å². The number of halogens is 2. The van der Waals surface area contributed by atoms with Crippen LogP contribution in [-0.2, 0) is 17.9 Å². The Labute approximate surface area is 194 Å². The SMILES string of the molecule is CN=C(NCc1cccc(NC(=O)C2CCCC2)c1)NCc1ccccc1Cl.I. The van der Waals surface area contributed by atoms with Crippen LogP contribution in [0.4, 0.5) is 5.69 Å². The number of rotatable bonds is 6. The molecule has 3 rings (SSSR count). The minimum Gasteiger partial charge on any atom is -0.352 e. The molecule has 1 aliphatic rings. The van der Waals surface area contributed by atoms with Crippen molar-refractivity contribution in [3.8, 4) is 0 Å². The molecule has 0 saturated heterocycles. The Balaban J connectivity index is 0.00000300. The summed E-state index contributed by atoms with van der Waals surface area (Å²) in [5.74, 6) is 0.995. The average Bonchev–Trinajstić information content (AvgIpc) is 3.25. The third-order valence-electron chi connectivity index (χ3n) is 5.01. The van der Waals surface area contributed by atoms with E-state index in [2.05, 4.69) is 20.9 Å². The molecule has 5 nitrogen and oxygen atoms in total. The molecule has 1 saturated carbocycles. The fraction of sp³-hybridized carbons (Fsp3) is 0.364. The third-order valence-corrected chi connectivity index (χ3v) is 5.38. The van der Waals surface area contributed by atoms with Gasteiger partial charge in [0.15, 0.2) is 5.96 Å². The van der Waals surface area contributed by atoms with E-state index in [4.69, 9.17) is 11.6 Å². The van der Waals surface area contributed by atoms with Crippen molar-refractivity contribution in [1.82, 2.24) is 10.6 Å². The summed E-state index contributed by atoms with van der Waals surface area (Å²) in [7, 11) is 1.74. The number of nitrogens with zero attached hydrogens (tertiary/aromatic N) is 1. The lowest BCUT2D eigenvalue weighted by Crippen LogP contribution is -2.36. The van der Waals surface area contributed by atoms with E-state index in [0.29, 0.717) is 19.0 Å². The Bertz CT molecular complexity index is 837. The maximum atomic E-state index is 12.3. The molecule has 0 unspecified atom stereocenters. The van der Waals surface area contributed by atoms with Crippen LogP contribution in [0.3, 0.4) is 0 Å². The van der Waals surface area contributed by atoms with Gasteiger partial charge in [-0.1, -0.05) is 54.8 Å². The van der Waals surface area contributed by atoms with Gasteiger partial charge in [-0.05, 0) is 42.2 Å². The first-order valence-electron chi connectivity index (χ1n) is 9.73. The quantitative estimate of drug-likeness (QED) is 0.283. The average molecular weight is 527 g/mol. The fourth-order valence-electron chi connectivity index (χ4n) is 3.42. The molecule has 1 aliphatic carbocycles. The summed E-state index contributed by atoms with van der Waals surface area (Å²) in [6.45, 7) is 1.20. The van der Waals surface area contributed by atoms with E-state index in [1.54, 1.807) is 7.05 Å². The van der Waals surface area contributed by atoms with Crippen molar-refractivity contribution in [2.75, 3.05) is 12.4 Å². The molecule has 3 N–H and O–H groups in total. The van der Waals surface area contributed by atoms with Gasteiger partial charge in [-0.15, -0.1) is 24.0 Å². The molecule has 1 amide bonds. The highest BCUT2D eigenvalue weighted by Crippen LogP contribution is 2.26. The number of aliphatic imine (C=N–C) groups is 1. The molecule has 2 aromatic rings. The zero-order chi connectivity index (χ0) is 19.8. The van der Waals surface area contributed by atoms with Crippen LogP contribution in [0.15, 0.2) is 53.5 Å². The van der Waals surface area contributed by atoms with E-state index in [1.165, 1.54) is 0 Å². The smallest absolute Gasteiger partial charge is 0.227 e. The molecular weight excluding hydrogens is 499 g/mol. The van der Waals surface area contributed by atoms with Gasteiger partial charge < -0.3 is 16.0 Å². The molecule has 2 aromatic carbocycles. The molecule has 0 aromatic heterocycles. The van der Waals surface area contributed by atoms with Gasteiger partial charge in [0.25, 0.3) is 0 Å². The van der Waals surface area contributed by atoms with Crippen LogP contribution in [0.25, 0.3) is 0 Å². The molecule has 7 heteroatoms. The predicted molar refractivity (Wildman–Crippen MR) is 131 cm³/mol. The van der Waals surface area contributed by atoms with Crippen molar-refractivity contribution in [3.63, 3.8) is 0 Å².